The van der Waals surface area contributed by atoms with Crippen LogP contribution in [-0.4, -0.2) is 32.8 Å². The van der Waals surface area contributed by atoms with Crippen molar-refractivity contribution in [1.29, 1.82) is 0 Å². The van der Waals surface area contributed by atoms with E-state index in [1.165, 1.54) is 19.2 Å². The first-order chi connectivity index (χ1) is 9.20. The minimum Gasteiger partial charge on any atom is -0.383 e. The van der Waals surface area contributed by atoms with Crippen molar-refractivity contribution >= 4 is 16.9 Å². The second-order valence-electron chi connectivity index (χ2n) is 5.28. The fourth-order valence-corrected chi connectivity index (χ4v) is 3.03. The van der Waals surface area contributed by atoms with Crippen molar-refractivity contribution in [2.24, 2.45) is 0 Å². The second kappa shape index (κ2) is 4.77. The standard InChI is InChI=1S/C13H20N6/c1-8-11-12(14)16-7-17-13(11)19(18-8)10-5-3-9(15-2)4-6-10/h7,9-10,15H,3-6H2,1-2H3,(H2,14,16,17). The van der Waals surface area contributed by atoms with Gasteiger partial charge in [0, 0.05) is 6.04 Å². The molecule has 1 aliphatic carbocycles. The van der Waals surface area contributed by atoms with Crippen molar-refractivity contribution in [3.63, 3.8) is 0 Å². The largest absolute Gasteiger partial charge is 0.383 e. The van der Waals surface area contributed by atoms with Crippen LogP contribution in [0.15, 0.2) is 6.33 Å². The van der Waals surface area contributed by atoms with E-state index in [0.29, 0.717) is 17.9 Å². The van der Waals surface area contributed by atoms with Crippen LogP contribution in [0.5, 0.6) is 0 Å². The Labute approximate surface area is 112 Å². The Morgan fingerprint density at radius 2 is 2.00 bits per heavy atom. The van der Waals surface area contributed by atoms with Gasteiger partial charge in [-0.15, -0.1) is 0 Å². The molecule has 2 aromatic heterocycles. The number of aryl methyl sites for hydroxylation is 1. The minimum absolute atomic E-state index is 0.426. The van der Waals surface area contributed by atoms with Crippen molar-refractivity contribution < 1.29 is 0 Å². The first-order valence-electron chi connectivity index (χ1n) is 6.83. The van der Waals surface area contributed by atoms with Gasteiger partial charge in [0.15, 0.2) is 5.65 Å². The number of hydrogen-bond donors (Lipinski definition) is 2. The Kier molecular flexibility index (Phi) is 3.10. The highest BCUT2D eigenvalue weighted by Gasteiger charge is 2.24. The molecule has 1 fully saturated rings. The van der Waals surface area contributed by atoms with Crippen molar-refractivity contribution in [3.8, 4) is 0 Å². The van der Waals surface area contributed by atoms with E-state index in [1.807, 2.05) is 14.0 Å². The summed E-state index contributed by atoms with van der Waals surface area (Å²) in [4.78, 5) is 8.43. The Balaban J connectivity index is 1.96. The maximum absolute atomic E-state index is 5.93. The molecule has 102 valence electrons. The summed E-state index contributed by atoms with van der Waals surface area (Å²) in [5.41, 5.74) is 7.72. The van der Waals surface area contributed by atoms with Crippen LogP contribution >= 0.6 is 0 Å². The molecule has 0 saturated heterocycles. The summed E-state index contributed by atoms with van der Waals surface area (Å²) < 4.78 is 2.05. The predicted molar refractivity (Wildman–Crippen MR) is 74.8 cm³/mol. The van der Waals surface area contributed by atoms with E-state index in [-0.39, 0.29) is 0 Å². The zero-order valence-electron chi connectivity index (χ0n) is 11.4. The van der Waals surface area contributed by atoms with Gasteiger partial charge in [-0.2, -0.15) is 5.10 Å². The number of nitrogens with two attached hydrogens (primary N) is 1. The molecular weight excluding hydrogens is 240 g/mol. The lowest BCUT2D eigenvalue weighted by atomic mass is 9.91. The molecule has 2 heterocycles. The topological polar surface area (TPSA) is 81.7 Å². The molecule has 1 saturated carbocycles. The maximum atomic E-state index is 5.93. The van der Waals surface area contributed by atoms with Gasteiger partial charge in [-0.25, -0.2) is 14.6 Å². The molecule has 6 nitrogen and oxygen atoms in total. The highest BCUT2D eigenvalue weighted by Crippen LogP contribution is 2.31. The van der Waals surface area contributed by atoms with E-state index >= 15 is 0 Å². The van der Waals surface area contributed by atoms with Crippen LogP contribution in [0.2, 0.25) is 0 Å². The van der Waals surface area contributed by atoms with Gasteiger partial charge in [0.2, 0.25) is 0 Å². The molecular formula is C13H20N6. The molecule has 0 bridgehead atoms. The third kappa shape index (κ3) is 2.06. The van der Waals surface area contributed by atoms with E-state index in [9.17, 15) is 0 Å². The molecule has 2 aromatic rings. The average Bonchev–Trinajstić information content (AvgIpc) is 2.78. The Morgan fingerprint density at radius 1 is 1.26 bits per heavy atom. The molecule has 0 aliphatic heterocycles. The number of aromatic nitrogens is 4. The van der Waals surface area contributed by atoms with Crippen molar-refractivity contribution in [3.05, 3.63) is 12.0 Å². The molecule has 3 N–H and O–H groups in total. The first kappa shape index (κ1) is 12.3. The van der Waals surface area contributed by atoms with Crippen LogP contribution in [0.1, 0.15) is 37.4 Å². The quantitative estimate of drug-likeness (QED) is 0.853. The summed E-state index contributed by atoms with van der Waals surface area (Å²) in [5, 5.41) is 8.89. The number of rotatable bonds is 2. The summed E-state index contributed by atoms with van der Waals surface area (Å²) in [6.45, 7) is 1.97. The summed E-state index contributed by atoms with van der Waals surface area (Å²) in [5.74, 6) is 0.526. The third-order valence-electron chi connectivity index (χ3n) is 4.14. The number of nitrogen functional groups attached to an aromatic ring is 1. The summed E-state index contributed by atoms with van der Waals surface area (Å²) in [7, 11) is 2.03. The number of fused-ring (bicyclic) bond motifs is 1. The number of anilines is 1. The highest BCUT2D eigenvalue weighted by molar-refractivity contribution is 5.87. The summed E-state index contributed by atoms with van der Waals surface area (Å²) in [6.07, 6.45) is 6.15. The van der Waals surface area contributed by atoms with Crippen LogP contribution in [0.25, 0.3) is 11.0 Å². The van der Waals surface area contributed by atoms with E-state index in [1.54, 1.807) is 0 Å². The molecule has 3 rings (SSSR count). The summed E-state index contributed by atoms with van der Waals surface area (Å²) in [6, 6.07) is 1.06. The van der Waals surface area contributed by atoms with Crippen LogP contribution in [-0.2, 0) is 0 Å². The van der Waals surface area contributed by atoms with E-state index < -0.39 is 0 Å². The Bertz CT molecular complexity index is 582. The lowest BCUT2D eigenvalue weighted by Crippen LogP contribution is -2.31. The van der Waals surface area contributed by atoms with Crippen LogP contribution in [0, 0.1) is 6.92 Å². The fraction of sp³-hybridized carbons (Fsp3) is 0.615. The molecule has 6 heteroatoms. The first-order valence-corrected chi connectivity index (χ1v) is 6.83. The van der Waals surface area contributed by atoms with Gasteiger partial charge in [-0.05, 0) is 39.7 Å². The fourth-order valence-electron chi connectivity index (χ4n) is 3.03. The average molecular weight is 260 g/mol. The molecule has 0 amide bonds. The van der Waals surface area contributed by atoms with Crippen molar-refractivity contribution in [2.75, 3.05) is 12.8 Å². The molecule has 0 atom stereocenters. The van der Waals surface area contributed by atoms with Gasteiger partial charge in [0.25, 0.3) is 0 Å². The van der Waals surface area contributed by atoms with Crippen LogP contribution < -0.4 is 11.1 Å². The van der Waals surface area contributed by atoms with Gasteiger partial charge in [0.05, 0.1) is 17.1 Å². The summed E-state index contributed by atoms with van der Waals surface area (Å²) >= 11 is 0. The van der Waals surface area contributed by atoms with E-state index in [2.05, 4.69) is 25.1 Å². The number of hydrogen-bond acceptors (Lipinski definition) is 5. The monoisotopic (exact) mass is 260 g/mol. The van der Waals surface area contributed by atoms with Gasteiger partial charge in [-0.1, -0.05) is 0 Å². The highest BCUT2D eigenvalue weighted by atomic mass is 15.3. The lowest BCUT2D eigenvalue weighted by Gasteiger charge is -2.28. The predicted octanol–water partition coefficient (Wildman–Crippen LogP) is 1.42. The van der Waals surface area contributed by atoms with Crippen molar-refractivity contribution in [1.82, 2.24) is 25.1 Å². The second-order valence-corrected chi connectivity index (χ2v) is 5.28. The van der Waals surface area contributed by atoms with Gasteiger partial charge in [0.1, 0.15) is 12.1 Å². The Hall–Kier alpha value is -1.69. The minimum atomic E-state index is 0.426. The lowest BCUT2D eigenvalue weighted by molar-refractivity contribution is 0.288. The number of nitrogens with zero attached hydrogens (tertiary/aromatic N) is 4. The van der Waals surface area contributed by atoms with E-state index in [0.717, 1.165) is 29.6 Å². The smallest absolute Gasteiger partial charge is 0.163 e. The zero-order chi connectivity index (χ0) is 13.4. The maximum Gasteiger partial charge on any atom is 0.163 e. The SMILES string of the molecule is CNC1CCC(n2nc(C)c3c(N)ncnc32)CC1. The van der Waals surface area contributed by atoms with Crippen molar-refractivity contribution in [2.45, 2.75) is 44.7 Å². The molecule has 0 aromatic carbocycles. The molecule has 0 spiro atoms. The Morgan fingerprint density at radius 3 is 2.68 bits per heavy atom. The molecule has 1 aliphatic rings. The normalized spacial score (nSPS) is 23.9. The van der Waals surface area contributed by atoms with Crippen LogP contribution in [0.3, 0.4) is 0 Å². The zero-order valence-corrected chi connectivity index (χ0v) is 11.4. The van der Waals surface area contributed by atoms with Gasteiger partial charge >= 0.3 is 0 Å². The van der Waals surface area contributed by atoms with Gasteiger partial charge < -0.3 is 11.1 Å². The third-order valence-corrected chi connectivity index (χ3v) is 4.14. The molecule has 19 heavy (non-hydrogen) atoms. The van der Waals surface area contributed by atoms with E-state index in [4.69, 9.17) is 5.73 Å². The molecule has 0 unspecified atom stereocenters. The van der Waals surface area contributed by atoms with Gasteiger partial charge in [-0.3, -0.25) is 0 Å². The number of nitrogens with one attached hydrogen (secondary N) is 1. The van der Waals surface area contributed by atoms with Crippen LogP contribution in [0.4, 0.5) is 5.82 Å². The molecule has 0 radical (unpaired) electrons.